The minimum atomic E-state index is 0.282. The monoisotopic (exact) mass is 328 g/mol. The van der Waals surface area contributed by atoms with Crippen molar-refractivity contribution in [1.29, 1.82) is 0 Å². The highest BCUT2D eigenvalue weighted by atomic mass is 79.9. The Labute approximate surface area is 123 Å². The minimum Gasteiger partial charge on any atom is -0.493 e. The number of aryl methyl sites for hydroxylation is 1. The van der Waals surface area contributed by atoms with E-state index in [0.717, 1.165) is 24.5 Å². The molecule has 4 heteroatoms. The Hall–Kier alpha value is -0.740. The van der Waals surface area contributed by atoms with E-state index in [0.29, 0.717) is 5.92 Å². The number of rotatable bonds is 4. The van der Waals surface area contributed by atoms with Crippen molar-refractivity contribution in [2.45, 2.75) is 31.2 Å². The highest BCUT2D eigenvalue weighted by molar-refractivity contribution is 9.09. The molecule has 3 unspecified atom stereocenters. The number of halogens is 1. The molecule has 106 valence electrons. The molecule has 1 aliphatic rings. The summed E-state index contributed by atoms with van der Waals surface area (Å²) >= 11 is 3.84. The highest BCUT2D eigenvalue weighted by Gasteiger charge is 2.32. The van der Waals surface area contributed by atoms with Gasteiger partial charge < -0.3 is 14.2 Å². The molecule has 1 saturated heterocycles. The molecule has 0 N–H and O–H groups in total. The van der Waals surface area contributed by atoms with Crippen LogP contribution >= 0.6 is 15.9 Å². The van der Waals surface area contributed by atoms with Gasteiger partial charge in [-0.2, -0.15) is 0 Å². The molecule has 3 atom stereocenters. The van der Waals surface area contributed by atoms with Gasteiger partial charge >= 0.3 is 0 Å². The molecule has 0 saturated carbocycles. The lowest BCUT2D eigenvalue weighted by Gasteiger charge is -2.23. The summed E-state index contributed by atoms with van der Waals surface area (Å²) in [7, 11) is 3.33. The lowest BCUT2D eigenvalue weighted by atomic mass is 9.91. The maximum Gasteiger partial charge on any atom is 0.161 e. The Morgan fingerprint density at radius 1 is 1.26 bits per heavy atom. The fourth-order valence-corrected chi connectivity index (χ4v) is 3.84. The van der Waals surface area contributed by atoms with Crippen LogP contribution in [-0.4, -0.2) is 26.9 Å². The zero-order chi connectivity index (χ0) is 14.0. The summed E-state index contributed by atoms with van der Waals surface area (Å²) in [6.45, 7) is 5.09. The summed E-state index contributed by atoms with van der Waals surface area (Å²) in [5, 5.41) is 0. The fraction of sp³-hybridized carbons (Fsp3) is 0.600. The van der Waals surface area contributed by atoms with E-state index in [1.54, 1.807) is 14.2 Å². The van der Waals surface area contributed by atoms with Crippen LogP contribution in [0.2, 0.25) is 0 Å². The molecule has 1 aromatic rings. The summed E-state index contributed by atoms with van der Waals surface area (Å²) in [5.41, 5.74) is 2.46. The van der Waals surface area contributed by atoms with Crippen molar-refractivity contribution in [3.63, 3.8) is 0 Å². The largest absolute Gasteiger partial charge is 0.493 e. The zero-order valence-corrected chi connectivity index (χ0v) is 13.5. The van der Waals surface area contributed by atoms with Gasteiger partial charge in [-0.25, -0.2) is 0 Å². The lowest BCUT2D eigenvalue weighted by Crippen LogP contribution is -2.17. The van der Waals surface area contributed by atoms with Gasteiger partial charge in [0.25, 0.3) is 0 Å². The Bertz CT molecular complexity index is 447. The zero-order valence-electron chi connectivity index (χ0n) is 11.9. The van der Waals surface area contributed by atoms with E-state index in [-0.39, 0.29) is 10.9 Å². The molecule has 2 rings (SSSR count). The van der Waals surface area contributed by atoms with Crippen LogP contribution < -0.4 is 9.47 Å². The van der Waals surface area contributed by atoms with Crippen molar-refractivity contribution in [3.8, 4) is 11.5 Å². The van der Waals surface area contributed by atoms with Crippen LogP contribution in [-0.2, 0) is 4.74 Å². The number of hydrogen-bond acceptors (Lipinski definition) is 3. The third kappa shape index (κ3) is 2.90. The van der Waals surface area contributed by atoms with Crippen LogP contribution in [0.4, 0.5) is 0 Å². The molecule has 0 bridgehead atoms. The van der Waals surface area contributed by atoms with E-state index >= 15 is 0 Å². The number of benzene rings is 1. The number of alkyl halides is 1. The average Bonchev–Trinajstić information content (AvgIpc) is 2.83. The summed E-state index contributed by atoms with van der Waals surface area (Å²) in [6.07, 6.45) is 1.38. The van der Waals surface area contributed by atoms with E-state index in [1.165, 1.54) is 11.1 Å². The second-order valence-electron chi connectivity index (χ2n) is 4.99. The van der Waals surface area contributed by atoms with Gasteiger partial charge in [-0.1, -0.05) is 15.9 Å². The predicted molar refractivity (Wildman–Crippen MR) is 79.5 cm³/mol. The first kappa shape index (κ1) is 14.7. The number of ether oxygens (including phenoxy) is 3. The Morgan fingerprint density at radius 2 is 1.89 bits per heavy atom. The van der Waals surface area contributed by atoms with Gasteiger partial charge in [0.2, 0.25) is 0 Å². The maximum absolute atomic E-state index is 5.66. The minimum absolute atomic E-state index is 0.282. The molecule has 0 aromatic heterocycles. The lowest BCUT2D eigenvalue weighted by molar-refractivity contribution is 0.105. The molecule has 1 aliphatic heterocycles. The quantitative estimate of drug-likeness (QED) is 0.785. The van der Waals surface area contributed by atoms with Crippen LogP contribution in [0.3, 0.4) is 0 Å². The first-order valence-electron chi connectivity index (χ1n) is 6.56. The molecule has 0 amide bonds. The van der Waals surface area contributed by atoms with E-state index in [9.17, 15) is 0 Å². The van der Waals surface area contributed by atoms with Crippen LogP contribution in [0.15, 0.2) is 12.1 Å². The molecule has 1 heterocycles. The summed E-state index contributed by atoms with van der Waals surface area (Å²) in [6, 6.07) is 4.10. The first-order valence-corrected chi connectivity index (χ1v) is 7.48. The summed E-state index contributed by atoms with van der Waals surface area (Å²) in [4.78, 5) is 0.282. The molecule has 0 spiro atoms. The average molecular weight is 329 g/mol. The van der Waals surface area contributed by atoms with Crippen LogP contribution in [0, 0.1) is 12.8 Å². The first-order chi connectivity index (χ1) is 9.08. The highest BCUT2D eigenvalue weighted by Crippen LogP contribution is 2.43. The van der Waals surface area contributed by atoms with Crippen molar-refractivity contribution in [3.05, 3.63) is 23.3 Å². The van der Waals surface area contributed by atoms with Gasteiger partial charge in [0, 0.05) is 17.4 Å². The van der Waals surface area contributed by atoms with Crippen LogP contribution in [0.25, 0.3) is 0 Å². The van der Waals surface area contributed by atoms with Gasteiger partial charge in [-0.3, -0.25) is 0 Å². The van der Waals surface area contributed by atoms with Crippen molar-refractivity contribution < 1.29 is 14.2 Å². The summed E-state index contributed by atoms with van der Waals surface area (Å²) in [5.74, 6) is 2.05. The van der Waals surface area contributed by atoms with Gasteiger partial charge in [0.05, 0.1) is 20.3 Å². The van der Waals surface area contributed by atoms with Crippen molar-refractivity contribution in [1.82, 2.24) is 0 Å². The third-order valence-corrected chi connectivity index (χ3v) is 5.05. The van der Waals surface area contributed by atoms with Crippen molar-refractivity contribution in [2.24, 2.45) is 5.92 Å². The predicted octanol–water partition coefficient (Wildman–Crippen LogP) is 3.87. The van der Waals surface area contributed by atoms with Gasteiger partial charge in [-0.05, 0) is 43.5 Å². The van der Waals surface area contributed by atoms with Crippen LogP contribution in [0.1, 0.15) is 29.3 Å². The SMILES string of the molecule is COc1cc(C)c(C(Br)C2CCOC2C)cc1OC. The smallest absolute Gasteiger partial charge is 0.161 e. The molecule has 0 radical (unpaired) electrons. The standard InChI is InChI=1S/C15H21BrO3/c1-9-7-13(17-3)14(18-4)8-12(9)15(16)11-5-6-19-10(11)2/h7-8,10-11,15H,5-6H2,1-4H3. The van der Waals surface area contributed by atoms with Gasteiger partial charge in [0.15, 0.2) is 11.5 Å². The van der Waals surface area contributed by atoms with Gasteiger partial charge in [-0.15, -0.1) is 0 Å². The second-order valence-corrected chi connectivity index (χ2v) is 5.98. The molecular formula is C15H21BrO3. The van der Waals surface area contributed by atoms with Gasteiger partial charge in [0.1, 0.15) is 0 Å². The van der Waals surface area contributed by atoms with E-state index in [4.69, 9.17) is 14.2 Å². The summed E-state index contributed by atoms with van der Waals surface area (Å²) < 4.78 is 16.4. The Morgan fingerprint density at radius 3 is 2.42 bits per heavy atom. The Balaban J connectivity index is 2.33. The van der Waals surface area contributed by atoms with E-state index in [2.05, 4.69) is 35.8 Å². The van der Waals surface area contributed by atoms with E-state index < -0.39 is 0 Å². The molecule has 1 aromatic carbocycles. The topological polar surface area (TPSA) is 27.7 Å². The molecule has 19 heavy (non-hydrogen) atoms. The Kier molecular flexibility index (Phi) is 4.74. The number of methoxy groups -OCH3 is 2. The molecule has 1 fully saturated rings. The normalized spacial score (nSPS) is 24.3. The third-order valence-electron chi connectivity index (χ3n) is 3.88. The molecular weight excluding hydrogens is 308 g/mol. The van der Waals surface area contributed by atoms with Crippen molar-refractivity contribution in [2.75, 3.05) is 20.8 Å². The molecule has 0 aliphatic carbocycles. The maximum atomic E-state index is 5.66. The molecule has 3 nitrogen and oxygen atoms in total. The second kappa shape index (κ2) is 6.14. The number of hydrogen-bond donors (Lipinski definition) is 0. The van der Waals surface area contributed by atoms with E-state index in [1.807, 2.05) is 6.07 Å². The van der Waals surface area contributed by atoms with Crippen LogP contribution in [0.5, 0.6) is 11.5 Å². The van der Waals surface area contributed by atoms with Crippen molar-refractivity contribution >= 4 is 15.9 Å². The fourth-order valence-electron chi connectivity index (χ4n) is 2.66.